The lowest BCUT2D eigenvalue weighted by Gasteiger charge is -2.07. The molecular formula is C18H22N2O. The number of nitrogens with zero attached hydrogens (tertiary/aromatic N) is 1. The van der Waals surface area contributed by atoms with Crippen molar-refractivity contribution in [1.82, 2.24) is 10.3 Å². The fourth-order valence-corrected chi connectivity index (χ4v) is 2.17. The summed E-state index contributed by atoms with van der Waals surface area (Å²) in [4.78, 5) is 4.46. The van der Waals surface area contributed by atoms with E-state index in [4.69, 9.17) is 4.74 Å². The zero-order valence-electron chi connectivity index (χ0n) is 12.5. The van der Waals surface area contributed by atoms with E-state index in [2.05, 4.69) is 35.4 Å². The van der Waals surface area contributed by atoms with Crippen LogP contribution in [0.5, 0.6) is 5.75 Å². The molecule has 0 radical (unpaired) electrons. The van der Waals surface area contributed by atoms with Gasteiger partial charge in [0.15, 0.2) is 0 Å². The van der Waals surface area contributed by atoms with Crippen molar-refractivity contribution >= 4 is 0 Å². The molecule has 0 unspecified atom stereocenters. The quantitative estimate of drug-likeness (QED) is 0.844. The normalized spacial score (nSPS) is 14.1. The third-order valence-corrected chi connectivity index (χ3v) is 3.78. The SMILES string of the molecule is CCc1ccc(OCc2ccc(CNC3CC3)cn2)cc1. The summed E-state index contributed by atoms with van der Waals surface area (Å²) < 4.78 is 5.76. The maximum Gasteiger partial charge on any atom is 0.130 e. The van der Waals surface area contributed by atoms with Crippen LogP contribution in [0.2, 0.25) is 0 Å². The third kappa shape index (κ3) is 4.30. The van der Waals surface area contributed by atoms with E-state index in [9.17, 15) is 0 Å². The molecule has 1 aromatic heterocycles. The van der Waals surface area contributed by atoms with Crippen LogP contribution in [0.3, 0.4) is 0 Å². The summed E-state index contributed by atoms with van der Waals surface area (Å²) in [5, 5.41) is 3.49. The molecule has 1 N–H and O–H groups in total. The van der Waals surface area contributed by atoms with Gasteiger partial charge >= 0.3 is 0 Å². The first kappa shape index (κ1) is 14.1. The lowest BCUT2D eigenvalue weighted by atomic mass is 10.2. The number of hydrogen-bond donors (Lipinski definition) is 1. The number of nitrogens with one attached hydrogen (secondary N) is 1. The van der Waals surface area contributed by atoms with Crippen LogP contribution in [0.25, 0.3) is 0 Å². The van der Waals surface area contributed by atoms with Crippen molar-refractivity contribution in [3.05, 3.63) is 59.4 Å². The van der Waals surface area contributed by atoms with Crippen LogP contribution < -0.4 is 10.1 Å². The number of ether oxygens (including phenoxy) is 1. The number of rotatable bonds is 7. The van der Waals surface area contributed by atoms with Crippen molar-refractivity contribution in [2.45, 2.75) is 45.4 Å². The lowest BCUT2D eigenvalue weighted by Crippen LogP contribution is -2.15. The topological polar surface area (TPSA) is 34.1 Å². The molecule has 0 saturated heterocycles. The molecule has 0 aliphatic heterocycles. The van der Waals surface area contributed by atoms with Crippen LogP contribution in [0.4, 0.5) is 0 Å². The van der Waals surface area contributed by atoms with Gasteiger partial charge in [-0.2, -0.15) is 0 Å². The molecule has 21 heavy (non-hydrogen) atoms. The number of hydrogen-bond acceptors (Lipinski definition) is 3. The largest absolute Gasteiger partial charge is 0.487 e. The zero-order chi connectivity index (χ0) is 14.5. The van der Waals surface area contributed by atoms with Crippen molar-refractivity contribution in [2.24, 2.45) is 0 Å². The summed E-state index contributed by atoms with van der Waals surface area (Å²) in [5.41, 5.74) is 3.52. The van der Waals surface area contributed by atoms with Gasteiger partial charge in [0.05, 0.1) is 5.69 Å². The Labute approximate surface area is 126 Å². The van der Waals surface area contributed by atoms with Crippen LogP contribution in [-0.4, -0.2) is 11.0 Å². The van der Waals surface area contributed by atoms with Crippen LogP contribution in [0, 0.1) is 0 Å². The van der Waals surface area contributed by atoms with E-state index in [1.165, 1.54) is 24.0 Å². The summed E-state index contributed by atoms with van der Waals surface area (Å²) in [6, 6.07) is 13.2. The minimum atomic E-state index is 0.516. The second-order valence-corrected chi connectivity index (χ2v) is 5.60. The first-order valence-corrected chi connectivity index (χ1v) is 7.72. The van der Waals surface area contributed by atoms with Crippen LogP contribution in [0.15, 0.2) is 42.6 Å². The summed E-state index contributed by atoms with van der Waals surface area (Å²) in [5.74, 6) is 0.897. The van der Waals surface area contributed by atoms with Crippen molar-refractivity contribution in [3.63, 3.8) is 0 Å². The fraction of sp³-hybridized carbons (Fsp3) is 0.389. The highest BCUT2D eigenvalue weighted by molar-refractivity contribution is 5.27. The van der Waals surface area contributed by atoms with Gasteiger partial charge in [-0.1, -0.05) is 25.1 Å². The van der Waals surface area contributed by atoms with Gasteiger partial charge in [-0.05, 0) is 48.6 Å². The van der Waals surface area contributed by atoms with E-state index in [1.807, 2.05) is 24.4 Å². The Morgan fingerprint density at radius 1 is 1.10 bits per heavy atom. The Hall–Kier alpha value is -1.87. The minimum Gasteiger partial charge on any atom is -0.487 e. The molecule has 1 aliphatic rings. The minimum absolute atomic E-state index is 0.516. The molecule has 0 atom stereocenters. The van der Waals surface area contributed by atoms with Gasteiger partial charge in [-0.25, -0.2) is 0 Å². The molecule has 0 amide bonds. The molecule has 3 rings (SSSR count). The molecule has 1 saturated carbocycles. The lowest BCUT2D eigenvalue weighted by molar-refractivity contribution is 0.301. The second kappa shape index (κ2) is 6.72. The molecule has 1 aromatic carbocycles. The number of aromatic nitrogens is 1. The van der Waals surface area contributed by atoms with E-state index < -0.39 is 0 Å². The third-order valence-electron chi connectivity index (χ3n) is 3.78. The maximum absolute atomic E-state index is 5.76. The molecule has 3 nitrogen and oxygen atoms in total. The highest BCUT2D eigenvalue weighted by Crippen LogP contribution is 2.19. The van der Waals surface area contributed by atoms with Gasteiger partial charge in [-0.15, -0.1) is 0 Å². The Morgan fingerprint density at radius 3 is 2.48 bits per heavy atom. The van der Waals surface area contributed by atoms with Crippen molar-refractivity contribution < 1.29 is 4.74 Å². The molecule has 1 heterocycles. The molecule has 0 bridgehead atoms. The van der Waals surface area contributed by atoms with Gasteiger partial charge in [0.2, 0.25) is 0 Å². The second-order valence-electron chi connectivity index (χ2n) is 5.60. The van der Waals surface area contributed by atoms with Gasteiger partial charge in [-0.3, -0.25) is 4.98 Å². The average molecular weight is 282 g/mol. The number of pyridine rings is 1. The van der Waals surface area contributed by atoms with Crippen molar-refractivity contribution in [2.75, 3.05) is 0 Å². The van der Waals surface area contributed by atoms with E-state index >= 15 is 0 Å². The molecule has 2 aromatic rings. The Bertz CT molecular complexity index is 559. The molecule has 110 valence electrons. The summed E-state index contributed by atoms with van der Waals surface area (Å²) in [7, 11) is 0. The molecule has 3 heteroatoms. The molecule has 1 fully saturated rings. The van der Waals surface area contributed by atoms with Crippen LogP contribution >= 0.6 is 0 Å². The highest BCUT2D eigenvalue weighted by Gasteiger charge is 2.19. The van der Waals surface area contributed by atoms with Gasteiger partial charge < -0.3 is 10.1 Å². The van der Waals surface area contributed by atoms with Crippen molar-refractivity contribution in [1.29, 1.82) is 0 Å². The van der Waals surface area contributed by atoms with E-state index in [-0.39, 0.29) is 0 Å². The standard InChI is InChI=1S/C18H22N2O/c1-2-14-4-9-18(10-5-14)21-13-17-6-3-15(12-20-17)11-19-16-7-8-16/h3-6,9-10,12,16,19H,2,7-8,11,13H2,1H3. The maximum atomic E-state index is 5.76. The van der Waals surface area contributed by atoms with Gasteiger partial charge in [0.1, 0.15) is 12.4 Å². The monoisotopic (exact) mass is 282 g/mol. The first-order valence-electron chi connectivity index (χ1n) is 7.72. The zero-order valence-corrected chi connectivity index (χ0v) is 12.5. The Balaban J connectivity index is 1.49. The van der Waals surface area contributed by atoms with E-state index in [0.717, 1.165) is 30.5 Å². The molecule has 1 aliphatic carbocycles. The number of benzene rings is 1. The Morgan fingerprint density at radius 2 is 1.86 bits per heavy atom. The summed E-state index contributed by atoms with van der Waals surface area (Å²) in [6.45, 7) is 3.58. The van der Waals surface area contributed by atoms with Gasteiger partial charge in [0, 0.05) is 18.8 Å². The Kier molecular flexibility index (Phi) is 4.51. The summed E-state index contributed by atoms with van der Waals surface area (Å²) >= 11 is 0. The van der Waals surface area contributed by atoms with Crippen molar-refractivity contribution in [3.8, 4) is 5.75 Å². The number of aryl methyl sites for hydroxylation is 1. The average Bonchev–Trinajstić information content (AvgIpc) is 3.37. The van der Waals surface area contributed by atoms with E-state index in [0.29, 0.717) is 6.61 Å². The summed E-state index contributed by atoms with van der Waals surface area (Å²) in [6.07, 6.45) is 5.62. The van der Waals surface area contributed by atoms with Crippen LogP contribution in [0.1, 0.15) is 36.6 Å². The predicted molar refractivity (Wildman–Crippen MR) is 84.3 cm³/mol. The van der Waals surface area contributed by atoms with Gasteiger partial charge in [0.25, 0.3) is 0 Å². The van der Waals surface area contributed by atoms with E-state index in [1.54, 1.807) is 0 Å². The van der Waals surface area contributed by atoms with Crippen LogP contribution in [-0.2, 0) is 19.6 Å². The highest BCUT2D eigenvalue weighted by atomic mass is 16.5. The molecule has 0 spiro atoms. The first-order chi connectivity index (χ1) is 10.3. The fourth-order valence-electron chi connectivity index (χ4n) is 2.17. The molecular weight excluding hydrogens is 260 g/mol. The predicted octanol–water partition coefficient (Wildman–Crippen LogP) is 3.48. The smallest absolute Gasteiger partial charge is 0.130 e.